The van der Waals surface area contributed by atoms with E-state index in [1.165, 1.54) is 0 Å². The molecule has 17 heteroatoms. The van der Waals surface area contributed by atoms with Gasteiger partial charge in [-0.1, -0.05) is 98.2 Å². The van der Waals surface area contributed by atoms with Crippen LogP contribution >= 0.6 is 11.6 Å². The summed E-state index contributed by atoms with van der Waals surface area (Å²) < 4.78 is 38.8. The van der Waals surface area contributed by atoms with Crippen molar-refractivity contribution >= 4 is 68.0 Å². The fraction of sp³-hybridized carbons (Fsp3) is 0.400. The highest BCUT2D eigenvalue weighted by Gasteiger charge is 2.33. The summed E-state index contributed by atoms with van der Waals surface area (Å²) in [6.45, 7) is 6.36. The average molecular weight is 829 g/mol. The van der Waals surface area contributed by atoms with Crippen LogP contribution in [0.2, 0.25) is 0 Å². The number of alkyl carbamates (subject to hydrolysis) is 1. The highest BCUT2D eigenvalue weighted by molar-refractivity contribution is 7.96. The van der Waals surface area contributed by atoms with Gasteiger partial charge in [0.1, 0.15) is 29.1 Å². The first-order chi connectivity index (χ1) is 27.0. The fourth-order valence-electron chi connectivity index (χ4n) is 5.57. The molecule has 0 bridgehead atoms. The van der Waals surface area contributed by atoms with Gasteiger partial charge in [0.05, 0.1) is 32.1 Å². The standard InChI is InChI=1S/C40H49ClN4O11S/c1-6-54-34(46)22-29(21-33(41)57(5,52)53)42-39(50)36(25(3)4)45-38(49)31(20-28-18-13-17-27-16-11-12-19-30(27)28)43-37(48)32(23-35(47)55-7-2)44-40(51)56-24-26-14-9-8-10-15-26/h8-19,21,25,29,31-32,36H,6-7,20,22-24H2,1-5H3,(H,42,50)(H,43,48)(H,44,51)(H,45,49)/b33-21+/t29-,31+,32+,36+/m1/s1. The lowest BCUT2D eigenvalue weighted by molar-refractivity contribution is -0.145. The molecule has 0 saturated heterocycles. The second-order valence-corrected chi connectivity index (χ2v) is 15.9. The Morgan fingerprint density at radius 1 is 0.702 bits per heavy atom. The lowest BCUT2D eigenvalue weighted by Crippen LogP contribution is -2.59. The molecule has 15 nitrogen and oxygen atoms in total. The van der Waals surface area contributed by atoms with Crippen molar-refractivity contribution in [3.63, 3.8) is 0 Å². The van der Waals surface area contributed by atoms with Crippen molar-refractivity contribution in [3.05, 3.63) is 94.4 Å². The molecule has 3 aromatic rings. The molecule has 0 spiro atoms. The SMILES string of the molecule is CCOC(=O)C[C@@H](/C=C(\Cl)S(C)(=O)=O)NC(=O)[C@@H](NC(=O)[C@H](Cc1cccc2ccccc12)NC(=O)[C@H](CC(=O)OCC)NC(=O)OCc1ccccc1)C(C)C. The van der Waals surface area contributed by atoms with Gasteiger partial charge < -0.3 is 35.5 Å². The van der Waals surface area contributed by atoms with E-state index in [0.717, 1.165) is 23.1 Å². The largest absolute Gasteiger partial charge is 0.466 e. The third-order valence-electron chi connectivity index (χ3n) is 8.39. The third kappa shape index (κ3) is 15.2. The quantitative estimate of drug-likeness (QED) is 0.0950. The highest BCUT2D eigenvalue weighted by atomic mass is 35.5. The van der Waals surface area contributed by atoms with Crippen LogP contribution in [0.5, 0.6) is 0 Å². The number of hydrogen-bond donors (Lipinski definition) is 4. The van der Waals surface area contributed by atoms with Crippen molar-refractivity contribution < 1.29 is 51.4 Å². The zero-order valence-corrected chi connectivity index (χ0v) is 34.0. The van der Waals surface area contributed by atoms with E-state index < -0.39 is 92.9 Å². The maximum absolute atomic E-state index is 14.2. The molecule has 3 aromatic carbocycles. The lowest BCUT2D eigenvalue weighted by Gasteiger charge is -2.28. The van der Waals surface area contributed by atoms with Crippen LogP contribution in [-0.4, -0.2) is 87.8 Å². The molecule has 0 aromatic heterocycles. The highest BCUT2D eigenvalue weighted by Crippen LogP contribution is 2.21. The molecule has 57 heavy (non-hydrogen) atoms. The van der Waals surface area contributed by atoms with Crippen LogP contribution in [0.3, 0.4) is 0 Å². The second-order valence-electron chi connectivity index (χ2n) is 13.3. The Morgan fingerprint density at radius 3 is 1.93 bits per heavy atom. The second kappa shape index (κ2) is 22.3. The zero-order valence-electron chi connectivity index (χ0n) is 32.4. The van der Waals surface area contributed by atoms with Crippen LogP contribution in [-0.2, 0) is 61.0 Å². The molecule has 0 aliphatic rings. The van der Waals surface area contributed by atoms with Gasteiger partial charge in [0.15, 0.2) is 9.84 Å². The first kappa shape index (κ1) is 45.9. The number of hydrogen-bond acceptors (Lipinski definition) is 11. The van der Waals surface area contributed by atoms with Gasteiger partial charge in [-0.15, -0.1) is 0 Å². The molecule has 0 heterocycles. The first-order valence-corrected chi connectivity index (χ1v) is 20.5. The van der Waals surface area contributed by atoms with Gasteiger partial charge >= 0.3 is 18.0 Å². The molecule has 308 valence electrons. The molecule has 0 saturated carbocycles. The maximum atomic E-state index is 14.2. The number of fused-ring (bicyclic) bond motifs is 1. The summed E-state index contributed by atoms with van der Waals surface area (Å²) in [6, 6.07) is 16.2. The van der Waals surface area contributed by atoms with Crippen LogP contribution in [0, 0.1) is 5.92 Å². The topological polar surface area (TPSA) is 212 Å². The molecule has 4 atom stereocenters. The van der Waals surface area contributed by atoms with Crippen molar-refractivity contribution in [1.29, 1.82) is 0 Å². The minimum atomic E-state index is -3.90. The Bertz CT molecular complexity index is 2020. The molecule has 0 unspecified atom stereocenters. The molecule has 4 N–H and O–H groups in total. The van der Waals surface area contributed by atoms with E-state index in [1.807, 2.05) is 30.3 Å². The number of carbonyl (C=O) groups excluding carboxylic acids is 6. The van der Waals surface area contributed by atoms with Gasteiger partial charge in [0.2, 0.25) is 17.7 Å². The minimum Gasteiger partial charge on any atom is -0.466 e. The summed E-state index contributed by atoms with van der Waals surface area (Å²) in [7, 11) is -3.90. The number of ether oxygens (including phenoxy) is 3. The predicted octanol–water partition coefficient (Wildman–Crippen LogP) is 3.82. The van der Waals surface area contributed by atoms with Gasteiger partial charge in [-0.25, -0.2) is 13.2 Å². The van der Waals surface area contributed by atoms with Gasteiger partial charge in [-0.2, -0.15) is 0 Å². The monoisotopic (exact) mass is 828 g/mol. The van der Waals surface area contributed by atoms with E-state index in [-0.39, 0.29) is 26.2 Å². The number of rotatable bonds is 20. The molecule has 0 radical (unpaired) electrons. The molecule has 0 fully saturated rings. The van der Waals surface area contributed by atoms with Crippen molar-refractivity contribution in [1.82, 2.24) is 21.3 Å². The maximum Gasteiger partial charge on any atom is 0.408 e. The first-order valence-electron chi connectivity index (χ1n) is 18.3. The van der Waals surface area contributed by atoms with Gasteiger partial charge in [0, 0.05) is 12.7 Å². The van der Waals surface area contributed by atoms with Crippen LogP contribution in [0.15, 0.2) is 83.2 Å². The van der Waals surface area contributed by atoms with Crippen molar-refractivity contribution in [2.24, 2.45) is 5.92 Å². The van der Waals surface area contributed by atoms with Crippen molar-refractivity contribution in [2.45, 2.75) is 77.7 Å². The van der Waals surface area contributed by atoms with E-state index in [9.17, 15) is 37.2 Å². The number of nitrogens with one attached hydrogen (secondary N) is 4. The number of sulfone groups is 1. The summed E-state index contributed by atoms with van der Waals surface area (Å²) in [5.41, 5.74) is 1.34. The summed E-state index contributed by atoms with van der Waals surface area (Å²) in [6.07, 6.45) is -0.295. The van der Waals surface area contributed by atoms with Crippen LogP contribution in [0.1, 0.15) is 51.7 Å². The third-order valence-corrected chi connectivity index (χ3v) is 10.2. The van der Waals surface area contributed by atoms with Crippen LogP contribution in [0.4, 0.5) is 4.79 Å². The minimum absolute atomic E-state index is 0.00723. The van der Waals surface area contributed by atoms with Gasteiger partial charge in [0.25, 0.3) is 0 Å². The van der Waals surface area contributed by atoms with Gasteiger partial charge in [-0.05, 0) is 47.7 Å². The molecular weight excluding hydrogens is 780 g/mol. The lowest BCUT2D eigenvalue weighted by atomic mass is 9.97. The van der Waals surface area contributed by atoms with Crippen molar-refractivity contribution in [3.8, 4) is 0 Å². The number of esters is 2. The van der Waals surface area contributed by atoms with E-state index in [1.54, 1.807) is 70.2 Å². The number of halogens is 1. The predicted molar refractivity (Wildman–Crippen MR) is 213 cm³/mol. The van der Waals surface area contributed by atoms with Crippen LogP contribution < -0.4 is 21.3 Å². The Morgan fingerprint density at radius 2 is 1.30 bits per heavy atom. The smallest absolute Gasteiger partial charge is 0.408 e. The van der Waals surface area contributed by atoms with Crippen molar-refractivity contribution in [2.75, 3.05) is 19.5 Å². The number of benzene rings is 3. The normalized spacial score (nSPS) is 13.7. The van der Waals surface area contributed by atoms with E-state index >= 15 is 0 Å². The van der Waals surface area contributed by atoms with E-state index in [0.29, 0.717) is 11.1 Å². The molecule has 3 rings (SSSR count). The molecular formula is C40H49ClN4O11S. The van der Waals surface area contributed by atoms with E-state index in [4.69, 9.17) is 25.8 Å². The molecule has 4 amide bonds. The van der Waals surface area contributed by atoms with Crippen LogP contribution in [0.25, 0.3) is 10.8 Å². The molecule has 0 aliphatic heterocycles. The summed E-state index contributed by atoms with van der Waals surface area (Å²) >= 11 is 5.98. The van der Waals surface area contributed by atoms with Gasteiger partial charge in [-0.3, -0.25) is 24.0 Å². The zero-order chi connectivity index (χ0) is 42.1. The Balaban J connectivity index is 1.94. The Labute approximate surface area is 337 Å². The number of carbonyl (C=O) groups is 6. The number of amides is 4. The molecule has 0 aliphatic carbocycles. The Kier molecular flexibility index (Phi) is 18.0. The summed E-state index contributed by atoms with van der Waals surface area (Å²) in [4.78, 5) is 79.8. The fourth-order valence-corrected chi connectivity index (χ4v) is 6.13. The summed E-state index contributed by atoms with van der Waals surface area (Å²) in [5, 5.41) is 11.9. The van der Waals surface area contributed by atoms with E-state index in [2.05, 4.69) is 21.3 Å². The summed E-state index contributed by atoms with van der Waals surface area (Å²) in [5.74, 6) is -4.62. The average Bonchev–Trinajstić information content (AvgIpc) is 3.15. The Hall–Kier alpha value is -5.48.